The maximum atomic E-state index is 12.0. The summed E-state index contributed by atoms with van der Waals surface area (Å²) in [6.45, 7) is 6.94. The van der Waals surface area contributed by atoms with Crippen LogP contribution in [0.4, 0.5) is 0 Å². The number of carbonyl (C=O) groups excluding carboxylic acids is 1. The van der Waals surface area contributed by atoms with Crippen LogP contribution in [0.3, 0.4) is 0 Å². The molecule has 140 valence electrons. The number of hydrogen-bond acceptors (Lipinski definition) is 3. The van der Waals surface area contributed by atoms with E-state index in [1.165, 1.54) is 0 Å². The number of nitrogens with one attached hydrogen (secondary N) is 2. The van der Waals surface area contributed by atoms with Crippen LogP contribution in [-0.2, 0) is 6.42 Å². The Hall–Kier alpha value is -2.08. The first-order chi connectivity index (χ1) is 11.8. The lowest BCUT2D eigenvalue weighted by molar-refractivity contribution is 0.0827. The fourth-order valence-corrected chi connectivity index (χ4v) is 2.27. The van der Waals surface area contributed by atoms with E-state index in [2.05, 4.69) is 41.4 Å². The summed E-state index contributed by atoms with van der Waals surface area (Å²) in [5.74, 6) is 0.833. The Morgan fingerprint density at radius 1 is 1.16 bits per heavy atom. The highest BCUT2D eigenvalue weighted by atomic mass is 16.2. The van der Waals surface area contributed by atoms with Gasteiger partial charge in [-0.25, -0.2) is 0 Å². The maximum Gasteiger partial charge on any atom is 0.253 e. The number of aliphatic imine (C=N–C) groups is 1. The molecular formula is C19H33N5O. The van der Waals surface area contributed by atoms with E-state index < -0.39 is 0 Å². The fourth-order valence-electron chi connectivity index (χ4n) is 2.27. The van der Waals surface area contributed by atoms with E-state index in [0.29, 0.717) is 6.04 Å². The molecule has 1 rings (SSSR count). The van der Waals surface area contributed by atoms with Crippen LogP contribution < -0.4 is 10.6 Å². The van der Waals surface area contributed by atoms with Crippen LogP contribution >= 0.6 is 0 Å². The molecule has 0 radical (unpaired) electrons. The van der Waals surface area contributed by atoms with Crippen LogP contribution in [0.15, 0.2) is 29.3 Å². The molecule has 0 bridgehead atoms. The van der Waals surface area contributed by atoms with Gasteiger partial charge in [-0.15, -0.1) is 0 Å². The van der Waals surface area contributed by atoms with Crippen LogP contribution in [0, 0.1) is 0 Å². The van der Waals surface area contributed by atoms with Crippen molar-refractivity contribution in [2.24, 2.45) is 4.99 Å². The molecule has 25 heavy (non-hydrogen) atoms. The zero-order valence-electron chi connectivity index (χ0n) is 16.5. The van der Waals surface area contributed by atoms with Crippen LogP contribution in [-0.4, -0.2) is 75.5 Å². The second kappa shape index (κ2) is 10.7. The van der Waals surface area contributed by atoms with E-state index in [-0.39, 0.29) is 5.91 Å². The van der Waals surface area contributed by atoms with Crippen molar-refractivity contribution >= 4 is 11.9 Å². The third-order valence-corrected chi connectivity index (χ3v) is 4.15. The Labute approximate surface area is 152 Å². The molecule has 0 unspecified atom stereocenters. The molecule has 0 aromatic heterocycles. The normalized spacial score (nSPS) is 11.8. The monoisotopic (exact) mass is 347 g/mol. The molecular weight excluding hydrogens is 314 g/mol. The molecule has 0 fully saturated rings. The lowest BCUT2D eigenvalue weighted by atomic mass is 10.1. The van der Waals surface area contributed by atoms with Gasteiger partial charge in [-0.1, -0.05) is 12.1 Å². The molecule has 1 aromatic carbocycles. The minimum Gasteiger partial charge on any atom is -0.356 e. The Bertz CT molecular complexity index is 569. The average molecular weight is 348 g/mol. The average Bonchev–Trinajstić information content (AvgIpc) is 2.59. The number of benzene rings is 1. The van der Waals surface area contributed by atoms with E-state index in [0.717, 1.165) is 43.1 Å². The number of hydrogen-bond donors (Lipinski definition) is 2. The van der Waals surface area contributed by atoms with Gasteiger partial charge >= 0.3 is 0 Å². The molecule has 0 saturated heterocycles. The van der Waals surface area contributed by atoms with Gasteiger partial charge in [0.15, 0.2) is 5.96 Å². The first-order valence-electron chi connectivity index (χ1n) is 8.80. The van der Waals surface area contributed by atoms with Gasteiger partial charge in [0.05, 0.1) is 0 Å². The first kappa shape index (κ1) is 21.0. The number of rotatable bonds is 8. The molecule has 6 heteroatoms. The zero-order chi connectivity index (χ0) is 18.8. The van der Waals surface area contributed by atoms with Gasteiger partial charge in [0.2, 0.25) is 0 Å². The Kier molecular flexibility index (Phi) is 8.99. The first-order valence-corrected chi connectivity index (χ1v) is 8.80. The summed E-state index contributed by atoms with van der Waals surface area (Å²) >= 11 is 0. The van der Waals surface area contributed by atoms with E-state index >= 15 is 0 Å². The standard InChI is InChI=1S/C19H33N5O/c1-15(2)24(6)13-12-22-19(20-3)21-11-10-16-8-7-9-17(14-16)18(25)23(4)5/h7-9,14-15H,10-13H2,1-6H3,(H2,20,21,22). The maximum absolute atomic E-state index is 12.0. The number of likely N-dealkylation sites (N-methyl/N-ethyl adjacent to an activating group) is 1. The van der Waals surface area contributed by atoms with Crippen molar-refractivity contribution in [2.45, 2.75) is 26.3 Å². The Balaban J connectivity index is 2.42. The third kappa shape index (κ3) is 7.56. The summed E-state index contributed by atoms with van der Waals surface area (Å²) in [7, 11) is 7.42. The van der Waals surface area contributed by atoms with Gasteiger partial charge in [-0.05, 0) is 45.0 Å². The van der Waals surface area contributed by atoms with Crippen molar-refractivity contribution in [3.8, 4) is 0 Å². The number of carbonyl (C=O) groups is 1. The predicted octanol–water partition coefficient (Wildman–Crippen LogP) is 1.44. The summed E-state index contributed by atoms with van der Waals surface area (Å²) in [6.07, 6.45) is 0.834. The molecule has 1 aromatic rings. The molecule has 0 aliphatic carbocycles. The SMILES string of the molecule is CN=C(NCCc1cccc(C(=O)N(C)C)c1)NCCN(C)C(C)C. The van der Waals surface area contributed by atoms with E-state index in [4.69, 9.17) is 0 Å². The molecule has 1 amide bonds. The molecule has 0 spiro atoms. The highest BCUT2D eigenvalue weighted by Crippen LogP contribution is 2.07. The van der Waals surface area contributed by atoms with Crippen molar-refractivity contribution in [3.05, 3.63) is 35.4 Å². The van der Waals surface area contributed by atoms with Crippen LogP contribution in [0.25, 0.3) is 0 Å². The van der Waals surface area contributed by atoms with Crippen LogP contribution in [0.5, 0.6) is 0 Å². The van der Waals surface area contributed by atoms with E-state index in [9.17, 15) is 4.79 Å². The van der Waals surface area contributed by atoms with Crippen molar-refractivity contribution in [2.75, 3.05) is 47.8 Å². The summed E-state index contributed by atoms with van der Waals surface area (Å²) in [5.41, 5.74) is 1.86. The second-order valence-electron chi connectivity index (χ2n) is 6.65. The minimum absolute atomic E-state index is 0.0292. The molecule has 0 heterocycles. The van der Waals surface area contributed by atoms with Crippen molar-refractivity contribution < 1.29 is 4.79 Å². The lowest BCUT2D eigenvalue weighted by Crippen LogP contribution is -2.42. The lowest BCUT2D eigenvalue weighted by Gasteiger charge is -2.21. The summed E-state index contributed by atoms with van der Waals surface area (Å²) < 4.78 is 0. The van der Waals surface area contributed by atoms with Crippen LogP contribution in [0.2, 0.25) is 0 Å². The van der Waals surface area contributed by atoms with Crippen molar-refractivity contribution in [1.29, 1.82) is 0 Å². The fraction of sp³-hybridized carbons (Fsp3) is 0.579. The van der Waals surface area contributed by atoms with Gasteiger partial charge in [-0.3, -0.25) is 9.79 Å². The number of amides is 1. The molecule has 0 saturated carbocycles. The molecule has 2 N–H and O–H groups in total. The highest BCUT2D eigenvalue weighted by molar-refractivity contribution is 5.94. The second-order valence-corrected chi connectivity index (χ2v) is 6.65. The summed E-state index contributed by atoms with van der Waals surface area (Å²) in [4.78, 5) is 20.1. The summed E-state index contributed by atoms with van der Waals surface area (Å²) in [5, 5.41) is 6.64. The van der Waals surface area contributed by atoms with Gasteiger partial charge in [-0.2, -0.15) is 0 Å². The molecule has 0 aliphatic rings. The van der Waals surface area contributed by atoms with Gasteiger partial charge < -0.3 is 20.4 Å². The van der Waals surface area contributed by atoms with Crippen molar-refractivity contribution in [3.63, 3.8) is 0 Å². The molecule has 0 atom stereocenters. The van der Waals surface area contributed by atoms with Gasteiger partial charge in [0, 0.05) is 52.4 Å². The topological polar surface area (TPSA) is 60.0 Å². The van der Waals surface area contributed by atoms with E-state index in [1.54, 1.807) is 26.0 Å². The van der Waals surface area contributed by atoms with Gasteiger partial charge in [0.25, 0.3) is 5.91 Å². The van der Waals surface area contributed by atoms with Crippen LogP contribution in [0.1, 0.15) is 29.8 Å². The smallest absolute Gasteiger partial charge is 0.253 e. The third-order valence-electron chi connectivity index (χ3n) is 4.15. The Morgan fingerprint density at radius 2 is 1.84 bits per heavy atom. The quantitative estimate of drug-likeness (QED) is 0.552. The van der Waals surface area contributed by atoms with Crippen molar-refractivity contribution in [1.82, 2.24) is 20.4 Å². The zero-order valence-corrected chi connectivity index (χ0v) is 16.5. The predicted molar refractivity (Wildman–Crippen MR) is 105 cm³/mol. The van der Waals surface area contributed by atoms with E-state index in [1.807, 2.05) is 24.3 Å². The largest absolute Gasteiger partial charge is 0.356 e. The minimum atomic E-state index is 0.0292. The summed E-state index contributed by atoms with van der Waals surface area (Å²) in [6, 6.07) is 8.32. The van der Waals surface area contributed by atoms with Gasteiger partial charge in [0.1, 0.15) is 0 Å². The molecule has 0 aliphatic heterocycles. The Morgan fingerprint density at radius 3 is 2.44 bits per heavy atom. The number of guanidine groups is 1. The number of nitrogens with zero attached hydrogens (tertiary/aromatic N) is 3. The molecule has 6 nitrogen and oxygen atoms in total. The highest BCUT2D eigenvalue weighted by Gasteiger charge is 2.08.